The normalized spacial score (nSPS) is 35.6. The molecule has 1 aromatic carbocycles. The van der Waals surface area contributed by atoms with Crippen LogP contribution in [0.15, 0.2) is 36.6 Å². The molecule has 1 fully saturated rings. The molecule has 12 heteroatoms. The Kier molecular flexibility index (Phi) is 8.39. The summed E-state index contributed by atoms with van der Waals surface area (Å²) in [7, 11) is 1.45. The number of methoxy groups -OCH3 is 1. The standard InChI is InChI=1S/C25H33NO11/c1-3-12-14(7-16-13-8-18(34-2)17(28)6-11(13)4-5-26-16)15(23(32)33)10-35-24(12)37-25-22(31)21(30)20(29)19(9-27)36-25/h3,6,8,10,12,14,16,19-22,24-31H,1,4-5,7,9H2,2H3,(H,32,33)/t12-,14+,16+,19-,20-,21+,22-,24+,25+/m1/s1. The highest BCUT2D eigenvalue weighted by atomic mass is 16.8. The minimum Gasteiger partial charge on any atom is -0.504 e. The van der Waals surface area contributed by atoms with E-state index in [-0.39, 0.29) is 17.4 Å². The highest BCUT2D eigenvalue weighted by molar-refractivity contribution is 5.87. The summed E-state index contributed by atoms with van der Waals surface area (Å²) in [6, 6.07) is 3.09. The first-order valence-electron chi connectivity index (χ1n) is 12.0. The average Bonchev–Trinajstić information content (AvgIpc) is 2.88. The van der Waals surface area contributed by atoms with Gasteiger partial charge in [0, 0.05) is 17.9 Å². The van der Waals surface area contributed by atoms with Crippen LogP contribution in [-0.2, 0) is 25.4 Å². The Balaban J connectivity index is 1.60. The minimum atomic E-state index is -1.65. The number of phenolic OH excluding ortho intramolecular Hbond substituents is 1. The van der Waals surface area contributed by atoms with Gasteiger partial charge in [0.2, 0.25) is 6.29 Å². The first kappa shape index (κ1) is 27.3. The van der Waals surface area contributed by atoms with Crippen molar-refractivity contribution in [1.29, 1.82) is 0 Å². The zero-order valence-electron chi connectivity index (χ0n) is 20.3. The fourth-order valence-electron chi connectivity index (χ4n) is 5.21. The predicted octanol–water partition coefficient (Wildman–Crippen LogP) is -0.463. The van der Waals surface area contributed by atoms with Crippen LogP contribution in [0, 0.1) is 11.8 Å². The highest BCUT2D eigenvalue weighted by Crippen LogP contribution is 2.42. The summed E-state index contributed by atoms with van der Waals surface area (Å²) < 4.78 is 22.1. The molecule has 37 heavy (non-hydrogen) atoms. The molecule has 0 bridgehead atoms. The van der Waals surface area contributed by atoms with Gasteiger partial charge in [0.05, 0.1) is 25.6 Å². The number of rotatable bonds is 8. The first-order valence-corrected chi connectivity index (χ1v) is 12.0. The Hall–Kier alpha value is -2.71. The molecule has 0 amide bonds. The maximum absolute atomic E-state index is 12.1. The second-order valence-electron chi connectivity index (χ2n) is 9.35. The molecule has 0 aromatic heterocycles. The third kappa shape index (κ3) is 5.32. The number of nitrogens with one attached hydrogen (secondary N) is 1. The number of hydrogen-bond donors (Lipinski definition) is 7. The van der Waals surface area contributed by atoms with E-state index >= 15 is 0 Å². The van der Waals surface area contributed by atoms with E-state index in [0.717, 1.165) is 17.4 Å². The number of aliphatic hydroxyl groups excluding tert-OH is 4. The number of hydrogen-bond acceptors (Lipinski definition) is 11. The molecular formula is C25H33NO11. The lowest BCUT2D eigenvalue weighted by molar-refractivity contribution is -0.339. The highest BCUT2D eigenvalue weighted by Gasteiger charge is 2.48. The summed E-state index contributed by atoms with van der Waals surface area (Å²) in [5.74, 6) is -2.22. The lowest BCUT2D eigenvalue weighted by atomic mass is 9.77. The van der Waals surface area contributed by atoms with Crippen LogP contribution in [0.5, 0.6) is 11.5 Å². The van der Waals surface area contributed by atoms with Crippen molar-refractivity contribution in [3.63, 3.8) is 0 Å². The van der Waals surface area contributed by atoms with Crippen molar-refractivity contribution in [3.05, 3.63) is 47.7 Å². The summed E-state index contributed by atoms with van der Waals surface area (Å²) >= 11 is 0. The molecule has 0 unspecified atom stereocenters. The molecule has 0 radical (unpaired) electrons. The molecule has 0 aliphatic carbocycles. The van der Waals surface area contributed by atoms with E-state index in [1.54, 1.807) is 12.1 Å². The number of fused-ring (bicyclic) bond motifs is 1. The van der Waals surface area contributed by atoms with Gasteiger partial charge >= 0.3 is 5.97 Å². The summed E-state index contributed by atoms with van der Waals surface area (Å²) in [5, 5.41) is 63.5. The van der Waals surface area contributed by atoms with Gasteiger partial charge in [-0.05, 0) is 42.6 Å². The fourth-order valence-corrected chi connectivity index (χ4v) is 5.21. The van der Waals surface area contributed by atoms with Crippen LogP contribution in [0.1, 0.15) is 23.6 Å². The number of ether oxygens (including phenoxy) is 4. The summed E-state index contributed by atoms with van der Waals surface area (Å²) in [5.41, 5.74) is 1.78. The Labute approximate surface area is 213 Å². The van der Waals surface area contributed by atoms with Crippen molar-refractivity contribution in [2.75, 3.05) is 20.3 Å². The molecular weight excluding hydrogens is 490 g/mol. The molecule has 3 heterocycles. The maximum atomic E-state index is 12.1. The third-order valence-electron chi connectivity index (χ3n) is 7.23. The van der Waals surface area contributed by atoms with Gasteiger partial charge in [-0.15, -0.1) is 6.58 Å². The Morgan fingerprint density at radius 1 is 1.22 bits per heavy atom. The maximum Gasteiger partial charge on any atom is 0.334 e. The van der Waals surface area contributed by atoms with Crippen molar-refractivity contribution in [2.24, 2.45) is 11.8 Å². The third-order valence-corrected chi connectivity index (χ3v) is 7.23. The molecule has 7 N–H and O–H groups in total. The molecule has 3 aliphatic heterocycles. The molecule has 12 nitrogen and oxygen atoms in total. The number of aliphatic hydroxyl groups is 4. The van der Waals surface area contributed by atoms with E-state index in [4.69, 9.17) is 18.9 Å². The average molecular weight is 524 g/mol. The zero-order valence-corrected chi connectivity index (χ0v) is 20.3. The summed E-state index contributed by atoms with van der Waals surface area (Å²) in [6.45, 7) is 3.83. The van der Waals surface area contributed by atoms with Crippen molar-refractivity contribution in [3.8, 4) is 11.5 Å². The monoisotopic (exact) mass is 523 g/mol. The number of carboxylic acid groups (broad SMARTS) is 1. The van der Waals surface area contributed by atoms with Crippen LogP contribution in [-0.4, -0.2) is 93.9 Å². The van der Waals surface area contributed by atoms with E-state index < -0.39 is 61.4 Å². The molecule has 1 saturated heterocycles. The fraction of sp³-hybridized carbons (Fsp3) is 0.560. The number of carbonyl (C=O) groups is 1. The van der Waals surface area contributed by atoms with Gasteiger partial charge in [-0.3, -0.25) is 0 Å². The van der Waals surface area contributed by atoms with Crippen LogP contribution < -0.4 is 10.1 Å². The van der Waals surface area contributed by atoms with E-state index in [1.165, 1.54) is 13.2 Å². The quantitative estimate of drug-likeness (QED) is 0.218. The van der Waals surface area contributed by atoms with E-state index in [0.29, 0.717) is 25.1 Å². The smallest absolute Gasteiger partial charge is 0.334 e. The lowest BCUT2D eigenvalue weighted by Gasteiger charge is -2.43. The van der Waals surface area contributed by atoms with E-state index in [9.17, 15) is 35.4 Å². The van der Waals surface area contributed by atoms with Crippen molar-refractivity contribution in [2.45, 2.75) is 55.9 Å². The van der Waals surface area contributed by atoms with Gasteiger partial charge in [0.15, 0.2) is 17.8 Å². The van der Waals surface area contributed by atoms with Crippen LogP contribution in [0.2, 0.25) is 0 Å². The largest absolute Gasteiger partial charge is 0.504 e. The molecule has 4 rings (SSSR count). The number of phenols is 1. The topological polar surface area (TPSA) is 187 Å². The van der Waals surface area contributed by atoms with Gasteiger partial charge in [-0.1, -0.05) is 6.08 Å². The Morgan fingerprint density at radius 2 is 1.97 bits per heavy atom. The zero-order chi connectivity index (χ0) is 26.9. The van der Waals surface area contributed by atoms with Gasteiger partial charge in [0.1, 0.15) is 24.4 Å². The second kappa shape index (κ2) is 11.4. The number of aromatic hydroxyl groups is 1. The van der Waals surface area contributed by atoms with E-state index in [2.05, 4.69) is 11.9 Å². The van der Waals surface area contributed by atoms with Crippen molar-refractivity contribution in [1.82, 2.24) is 5.32 Å². The van der Waals surface area contributed by atoms with Gasteiger partial charge in [0.25, 0.3) is 0 Å². The van der Waals surface area contributed by atoms with Gasteiger partial charge in [-0.2, -0.15) is 0 Å². The number of benzene rings is 1. The van der Waals surface area contributed by atoms with Crippen LogP contribution in [0.3, 0.4) is 0 Å². The van der Waals surface area contributed by atoms with Crippen LogP contribution >= 0.6 is 0 Å². The molecule has 1 aromatic rings. The molecule has 9 atom stereocenters. The first-order chi connectivity index (χ1) is 17.7. The van der Waals surface area contributed by atoms with Gasteiger partial charge in [-0.25, -0.2) is 4.79 Å². The number of carboxylic acids is 1. The van der Waals surface area contributed by atoms with Gasteiger partial charge < -0.3 is 54.9 Å². The lowest BCUT2D eigenvalue weighted by Crippen LogP contribution is -2.60. The van der Waals surface area contributed by atoms with Crippen molar-refractivity contribution < 1.29 is 54.4 Å². The second-order valence-corrected chi connectivity index (χ2v) is 9.35. The molecule has 0 saturated carbocycles. The Bertz CT molecular complexity index is 1030. The molecule has 204 valence electrons. The molecule has 3 aliphatic rings. The van der Waals surface area contributed by atoms with Crippen LogP contribution in [0.4, 0.5) is 0 Å². The minimum absolute atomic E-state index is 0.00165. The molecule has 0 spiro atoms. The van der Waals surface area contributed by atoms with E-state index in [1.807, 2.05) is 0 Å². The summed E-state index contributed by atoms with van der Waals surface area (Å²) in [4.78, 5) is 12.1. The van der Waals surface area contributed by atoms with Crippen molar-refractivity contribution >= 4 is 5.97 Å². The predicted molar refractivity (Wildman–Crippen MR) is 126 cm³/mol. The van der Waals surface area contributed by atoms with Crippen LogP contribution in [0.25, 0.3) is 0 Å². The Morgan fingerprint density at radius 3 is 2.62 bits per heavy atom. The SMILES string of the molecule is C=C[C@H]1[C@H](O[C@@H]2O[C@H](CO)[C@@H](O)[C@H](O)[C@H]2O)OC=C(C(=O)O)[C@H]1C[C@@H]1NCCc2cc(O)c(OC)cc21. The number of aliphatic carboxylic acids is 1. The summed E-state index contributed by atoms with van der Waals surface area (Å²) in [6.07, 6.45) is -5.08.